The summed E-state index contributed by atoms with van der Waals surface area (Å²) in [6.45, 7) is -0.509. The molecule has 0 aliphatic heterocycles. The topological polar surface area (TPSA) is 61.1 Å². The van der Waals surface area contributed by atoms with Gasteiger partial charge in [0.1, 0.15) is 5.75 Å². The molecule has 2 heterocycles. The Labute approximate surface area is 193 Å². The summed E-state index contributed by atoms with van der Waals surface area (Å²) >= 11 is 12.3. The number of ether oxygens (including phenoxy) is 1. The molecule has 9 heteroatoms. The summed E-state index contributed by atoms with van der Waals surface area (Å²) in [6.07, 6.45) is 5.34. The fraction of sp³-hybridized carbons (Fsp3) is 0.130. The van der Waals surface area contributed by atoms with E-state index in [-0.39, 0.29) is 5.56 Å². The van der Waals surface area contributed by atoms with Crippen LogP contribution in [0.4, 0.5) is 10.1 Å². The van der Waals surface area contributed by atoms with Crippen LogP contribution in [0.5, 0.6) is 5.75 Å². The number of nitrogens with zero attached hydrogens (tertiary/aromatic N) is 3. The fourth-order valence-electron chi connectivity index (χ4n) is 3.29. The molecule has 0 saturated carbocycles. The predicted octanol–water partition coefficient (Wildman–Crippen LogP) is 5.46. The molecule has 2 aromatic carbocycles. The lowest BCUT2D eigenvalue weighted by Gasteiger charge is -2.15. The number of halogens is 3. The molecule has 4 rings (SSSR count). The number of rotatable bonds is 7. The Morgan fingerprint density at radius 2 is 1.88 bits per heavy atom. The molecule has 0 bridgehead atoms. The van der Waals surface area contributed by atoms with Gasteiger partial charge in [-0.15, -0.1) is 0 Å². The van der Waals surface area contributed by atoms with E-state index in [1.807, 2.05) is 19.3 Å². The summed E-state index contributed by atoms with van der Waals surface area (Å²) < 4.78 is 20.4. The van der Waals surface area contributed by atoms with Crippen molar-refractivity contribution < 1.29 is 9.13 Å². The normalized spacial score (nSPS) is 10.9. The number of aromatic nitrogens is 3. The second kappa shape index (κ2) is 9.46. The van der Waals surface area contributed by atoms with E-state index in [1.165, 1.54) is 10.6 Å². The number of hydrogen-bond donors (Lipinski definition) is 1. The first kappa shape index (κ1) is 21.9. The Morgan fingerprint density at radius 3 is 2.53 bits per heavy atom. The SMILES string of the molecule is Cn1cc(-c2cn(-c3ccc(OCF)cc3)c(=O)cc2NCc2ccc(Cl)cc2Cl)cn1. The van der Waals surface area contributed by atoms with Gasteiger partial charge >= 0.3 is 0 Å². The van der Waals surface area contributed by atoms with Crippen LogP contribution in [0.3, 0.4) is 0 Å². The van der Waals surface area contributed by atoms with E-state index in [0.717, 1.165) is 16.7 Å². The Kier molecular flexibility index (Phi) is 6.48. The minimum Gasteiger partial charge on any atom is -0.463 e. The van der Waals surface area contributed by atoms with Crippen LogP contribution in [0.25, 0.3) is 16.8 Å². The van der Waals surface area contributed by atoms with E-state index >= 15 is 0 Å². The number of nitrogens with one attached hydrogen (secondary N) is 1. The lowest BCUT2D eigenvalue weighted by atomic mass is 10.1. The smallest absolute Gasteiger partial charge is 0.257 e. The van der Waals surface area contributed by atoms with Crippen LogP contribution >= 0.6 is 23.2 Å². The van der Waals surface area contributed by atoms with Gasteiger partial charge in [-0.05, 0) is 42.0 Å². The molecule has 4 aromatic rings. The molecule has 0 aliphatic rings. The number of anilines is 1. The van der Waals surface area contributed by atoms with Gasteiger partial charge in [0.15, 0.2) is 0 Å². The van der Waals surface area contributed by atoms with Crippen molar-refractivity contribution >= 4 is 28.9 Å². The number of benzene rings is 2. The summed E-state index contributed by atoms with van der Waals surface area (Å²) in [5, 5.41) is 8.64. The van der Waals surface area contributed by atoms with Crippen LogP contribution in [0.1, 0.15) is 5.56 Å². The van der Waals surface area contributed by atoms with Gasteiger partial charge in [0.2, 0.25) is 6.86 Å². The molecule has 32 heavy (non-hydrogen) atoms. The maximum Gasteiger partial charge on any atom is 0.257 e. The second-order valence-corrected chi connectivity index (χ2v) is 7.89. The lowest BCUT2D eigenvalue weighted by molar-refractivity contribution is 0.192. The highest BCUT2D eigenvalue weighted by Crippen LogP contribution is 2.29. The summed E-state index contributed by atoms with van der Waals surface area (Å²) in [5.41, 5.74) is 3.50. The Hall–Kier alpha value is -3.29. The largest absolute Gasteiger partial charge is 0.463 e. The number of hydrogen-bond acceptors (Lipinski definition) is 4. The molecule has 0 saturated heterocycles. The van der Waals surface area contributed by atoms with Gasteiger partial charge in [-0.25, -0.2) is 4.39 Å². The van der Waals surface area contributed by atoms with Crippen molar-refractivity contribution in [1.29, 1.82) is 0 Å². The summed E-state index contributed by atoms with van der Waals surface area (Å²) in [6, 6.07) is 13.4. The van der Waals surface area contributed by atoms with Gasteiger partial charge in [0, 0.05) is 64.6 Å². The van der Waals surface area contributed by atoms with E-state index in [2.05, 4.69) is 10.4 Å². The van der Waals surface area contributed by atoms with Crippen LogP contribution in [-0.4, -0.2) is 21.2 Å². The van der Waals surface area contributed by atoms with E-state index in [0.29, 0.717) is 33.7 Å². The fourth-order valence-corrected chi connectivity index (χ4v) is 3.77. The number of aryl methyl sites for hydroxylation is 1. The van der Waals surface area contributed by atoms with E-state index in [4.69, 9.17) is 27.9 Å². The zero-order chi connectivity index (χ0) is 22.7. The average molecular weight is 473 g/mol. The molecule has 0 unspecified atom stereocenters. The van der Waals surface area contributed by atoms with Gasteiger partial charge in [0.05, 0.1) is 6.20 Å². The van der Waals surface area contributed by atoms with Crippen molar-refractivity contribution in [2.45, 2.75) is 6.54 Å². The molecule has 0 aliphatic carbocycles. The van der Waals surface area contributed by atoms with Crippen molar-refractivity contribution in [3.05, 3.63) is 93.1 Å². The maximum absolute atomic E-state index is 12.9. The zero-order valence-electron chi connectivity index (χ0n) is 17.1. The summed E-state index contributed by atoms with van der Waals surface area (Å²) in [5.74, 6) is 0.384. The minimum atomic E-state index is -0.914. The molecule has 164 valence electrons. The molecule has 0 atom stereocenters. The molecule has 0 spiro atoms. The van der Waals surface area contributed by atoms with Gasteiger partial charge in [0.25, 0.3) is 5.56 Å². The molecule has 2 aromatic heterocycles. The highest BCUT2D eigenvalue weighted by atomic mass is 35.5. The molecule has 0 radical (unpaired) electrons. The third kappa shape index (κ3) is 4.79. The monoisotopic (exact) mass is 472 g/mol. The first-order valence-corrected chi connectivity index (χ1v) is 10.4. The molecule has 0 fully saturated rings. The minimum absolute atomic E-state index is 0.235. The van der Waals surface area contributed by atoms with Crippen molar-refractivity contribution in [3.8, 4) is 22.6 Å². The van der Waals surface area contributed by atoms with Crippen molar-refractivity contribution in [1.82, 2.24) is 14.3 Å². The molecular formula is C23H19Cl2FN4O2. The van der Waals surface area contributed by atoms with Crippen molar-refractivity contribution in [2.75, 3.05) is 12.2 Å². The van der Waals surface area contributed by atoms with Gasteiger partial charge < -0.3 is 10.1 Å². The van der Waals surface area contributed by atoms with E-state index < -0.39 is 6.86 Å². The maximum atomic E-state index is 12.9. The van der Waals surface area contributed by atoms with Crippen molar-refractivity contribution in [2.24, 2.45) is 7.05 Å². The molecular weight excluding hydrogens is 454 g/mol. The highest BCUT2D eigenvalue weighted by molar-refractivity contribution is 6.35. The van der Waals surface area contributed by atoms with Gasteiger partial charge in [-0.1, -0.05) is 29.3 Å². The molecule has 1 N–H and O–H groups in total. The molecule has 0 amide bonds. The Morgan fingerprint density at radius 1 is 1.09 bits per heavy atom. The Balaban J connectivity index is 1.72. The number of pyridine rings is 1. The zero-order valence-corrected chi connectivity index (χ0v) is 18.6. The van der Waals surface area contributed by atoms with Crippen LogP contribution in [0, 0.1) is 0 Å². The van der Waals surface area contributed by atoms with E-state index in [1.54, 1.807) is 53.5 Å². The molecule has 6 nitrogen and oxygen atoms in total. The van der Waals surface area contributed by atoms with Crippen LogP contribution < -0.4 is 15.6 Å². The van der Waals surface area contributed by atoms with Crippen molar-refractivity contribution in [3.63, 3.8) is 0 Å². The summed E-state index contributed by atoms with van der Waals surface area (Å²) in [4.78, 5) is 12.9. The van der Waals surface area contributed by atoms with Crippen LogP contribution in [-0.2, 0) is 13.6 Å². The first-order valence-electron chi connectivity index (χ1n) is 9.67. The highest BCUT2D eigenvalue weighted by Gasteiger charge is 2.13. The lowest BCUT2D eigenvalue weighted by Crippen LogP contribution is -2.18. The Bertz CT molecular complexity index is 1300. The van der Waals surface area contributed by atoms with Gasteiger partial charge in [-0.2, -0.15) is 5.10 Å². The standard InChI is InChI=1S/C23H19Cl2FN4O2/c1-29-12-16(11-28-29)20-13-30(18-4-6-19(7-5-18)32-14-26)23(31)9-22(20)27-10-15-2-3-17(24)8-21(15)25/h2-9,11-13,27H,10,14H2,1H3. The quantitative estimate of drug-likeness (QED) is 0.387. The summed E-state index contributed by atoms with van der Waals surface area (Å²) in [7, 11) is 1.82. The third-order valence-corrected chi connectivity index (χ3v) is 5.48. The van der Waals surface area contributed by atoms with Gasteiger partial charge in [-0.3, -0.25) is 14.0 Å². The first-order chi connectivity index (χ1) is 15.4. The average Bonchev–Trinajstić information content (AvgIpc) is 3.20. The van der Waals surface area contributed by atoms with Crippen LogP contribution in [0.15, 0.2) is 71.9 Å². The van der Waals surface area contributed by atoms with E-state index in [9.17, 15) is 9.18 Å². The predicted molar refractivity (Wildman–Crippen MR) is 125 cm³/mol. The second-order valence-electron chi connectivity index (χ2n) is 7.05. The number of alkyl halides is 1. The van der Waals surface area contributed by atoms with Crippen LogP contribution in [0.2, 0.25) is 10.0 Å². The third-order valence-electron chi connectivity index (χ3n) is 4.89.